The Morgan fingerprint density at radius 3 is 2.04 bits per heavy atom. The molecule has 0 aliphatic carbocycles. The van der Waals surface area contributed by atoms with Gasteiger partial charge in [0.05, 0.1) is 14.2 Å². The van der Waals surface area contributed by atoms with Crippen LogP contribution in [-0.2, 0) is 6.42 Å². The second kappa shape index (κ2) is 7.51. The topological polar surface area (TPSA) is 44.5 Å². The Kier molecular flexibility index (Phi) is 5.67. The molecule has 1 unspecified atom stereocenters. The fourth-order valence-electron chi connectivity index (χ4n) is 3.22. The van der Waals surface area contributed by atoms with Gasteiger partial charge >= 0.3 is 0 Å². The molecule has 2 N–H and O–H groups in total. The first-order valence-electron chi connectivity index (χ1n) is 7.98. The van der Waals surface area contributed by atoms with Crippen LogP contribution in [0.2, 0.25) is 0 Å². The van der Waals surface area contributed by atoms with E-state index in [0.717, 1.165) is 17.9 Å². The van der Waals surface area contributed by atoms with E-state index in [1.165, 1.54) is 27.8 Å². The predicted molar refractivity (Wildman–Crippen MR) is 95.7 cm³/mol. The average molecular weight is 313 g/mol. The summed E-state index contributed by atoms with van der Waals surface area (Å²) in [4.78, 5) is 0. The molecule has 0 saturated heterocycles. The summed E-state index contributed by atoms with van der Waals surface area (Å²) in [5, 5.41) is 0. The van der Waals surface area contributed by atoms with Crippen LogP contribution in [0.15, 0.2) is 30.3 Å². The normalized spacial score (nSPS) is 12.1. The van der Waals surface area contributed by atoms with Gasteiger partial charge in [0.15, 0.2) is 11.5 Å². The van der Waals surface area contributed by atoms with Crippen LogP contribution in [0, 0.1) is 20.8 Å². The van der Waals surface area contributed by atoms with Crippen LogP contribution in [0.4, 0.5) is 0 Å². The van der Waals surface area contributed by atoms with E-state index in [9.17, 15) is 0 Å². The van der Waals surface area contributed by atoms with Crippen molar-refractivity contribution in [3.63, 3.8) is 0 Å². The van der Waals surface area contributed by atoms with Crippen molar-refractivity contribution in [1.82, 2.24) is 0 Å². The lowest BCUT2D eigenvalue weighted by molar-refractivity contribution is 0.354. The number of hydrogen-bond acceptors (Lipinski definition) is 3. The Morgan fingerprint density at radius 2 is 1.52 bits per heavy atom. The first kappa shape index (κ1) is 17.4. The maximum absolute atomic E-state index is 6.07. The number of benzene rings is 2. The number of aryl methyl sites for hydroxylation is 3. The van der Waals surface area contributed by atoms with Gasteiger partial charge in [0.1, 0.15) is 0 Å². The Morgan fingerprint density at radius 1 is 0.913 bits per heavy atom. The maximum atomic E-state index is 6.07. The molecule has 3 nitrogen and oxygen atoms in total. The standard InChI is InChI=1S/C20H27NO2/c1-13-8-14(2)18(15(3)9-13)10-17(12-21)16-6-7-19(22-4)20(11-16)23-5/h6-9,11,17H,10,12,21H2,1-5H3. The number of rotatable bonds is 6. The van der Waals surface area contributed by atoms with Crippen molar-refractivity contribution in [2.75, 3.05) is 20.8 Å². The highest BCUT2D eigenvalue weighted by Crippen LogP contribution is 2.32. The van der Waals surface area contributed by atoms with E-state index >= 15 is 0 Å². The molecular weight excluding hydrogens is 286 g/mol. The second-order valence-corrected chi connectivity index (χ2v) is 6.13. The minimum absolute atomic E-state index is 0.259. The SMILES string of the molecule is COc1ccc(C(CN)Cc2c(C)cc(C)cc2C)cc1OC. The minimum Gasteiger partial charge on any atom is -0.493 e. The molecule has 3 heteroatoms. The van der Waals surface area contributed by atoms with Crippen molar-refractivity contribution >= 4 is 0 Å². The van der Waals surface area contributed by atoms with Crippen LogP contribution < -0.4 is 15.2 Å². The van der Waals surface area contributed by atoms with Crippen molar-refractivity contribution in [3.8, 4) is 11.5 Å². The molecule has 0 bridgehead atoms. The molecule has 2 aromatic carbocycles. The van der Waals surface area contributed by atoms with Gasteiger partial charge in [-0.1, -0.05) is 23.8 Å². The van der Waals surface area contributed by atoms with Crippen molar-refractivity contribution in [2.45, 2.75) is 33.1 Å². The summed E-state index contributed by atoms with van der Waals surface area (Å²) < 4.78 is 10.7. The van der Waals surface area contributed by atoms with Gasteiger partial charge in [-0.3, -0.25) is 0 Å². The number of hydrogen-bond donors (Lipinski definition) is 1. The Labute approximate surface area is 139 Å². The maximum Gasteiger partial charge on any atom is 0.160 e. The second-order valence-electron chi connectivity index (χ2n) is 6.13. The molecule has 23 heavy (non-hydrogen) atoms. The van der Waals surface area contributed by atoms with E-state index in [4.69, 9.17) is 15.2 Å². The molecule has 0 aliphatic rings. The average Bonchev–Trinajstić information content (AvgIpc) is 2.53. The Hall–Kier alpha value is -2.00. The van der Waals surface area contributed by atoms with Crippen LogP contribution in [0.5, 0.6) is 11.5 Å². The van der Waals surface area contributed by atoms with Gasteiger partial charge in [0, 0.05) is 5.92 Å². The highest BCUT2D eigenvalue weighted by molar-refractivity contribution is 5.45. The molecule has 0 amide bonds. The summed E-state index contributed by atoms with van der Waals surface area (Å²) in [7, 11) is 3.31. The lowest BCUT2D eigenvalue weighted by Crippen LogP contribution is -2.16. The molecule has 0 radical (unpaired) electrons. The lowest BCUT2D eigenvalue weighted by atomic mass is 9.87. The fourth-order valence-corrected chi connectivity index (χ4v) is 3.22. The van der Waals surface area contributed by atoms with E-state index in [0.29, 0.717) is 6.54 Å². The quantitative estimate of drug-likeness (QED) is 0.879. The van der Waals surface area contributed by atoms with E-state index in [-0.39, 0.29) is 5.92 Å². The van der Waals surface area contributed by atoms with E-state index in [1.807, 2.05) is 12.1 Å². The third-order valence-electron chi connectivity index (χ3n) is 4.45. The van der Waals surface area contributed by atoms with Gasteiger partial charge in [-0.25, -0.2) is 0 Å². The molecule has 0 aromatic heterocycles. The molecule has 124 valence electrons. The first-order chi connectivity index (χ1) is 11.0. The van der Waals surface area contributed by atoms with Crippen molar-refractivity contribution in [3.05, 3.63) is 58.1 Å². The molecule has 0 saturated carbocycles. The van der Waals surface area contributed by atoms with Crippen LogP contribution >= 0.6 is 0 Å². The predicted octanol–water partition coefficient (Wildman–Crippen LogP) is 3.91. The Bertz CT molecular complexity index is 656. The summed E-state index contributed by atoms with van der Waals surface area (Å²) in [6.45, 7) is 7.09. The highest BCUT2D eigenvalue weighted by Gasteiger charge is 2.16. The molecule has 0 heterocycles. The van der Waals surface area contributed by atoms with Gasteiger partial charge in [0.25, 0.3) is 0 Å². The Balaban J connectivity index is 2.34. The molecule has 1 atom stereocenters. The van der Waals surface area contributed by atoms with Crippen LogP contribution in [-0.4, -0.2) is 20.8 Å². The fraction of sp³-hybridized carbons (Fsp3) is 0.400. The number of methoxy groups -OCH3 is 2. The van der Waals surface area contributed by atoms with Crippen LogP contribution in [0.1, 0.15) is 33.7 Å². The molecule has 0 fully saturated rings. The largest absolute Gasteiger partial charge is 0.493 e. The summed E-state index contributed by atoms with van der Waals surface area (Å²) in [5.74, 6) is 1.76. The molecule has 2 aromatic rings. The smallest absolute Gasteiger partial charge is 0.160 e. The zero-order valence-corrected chi connectivity index (χ0v) is 14.8. The summed E-state index contributed by atoms with van der Waals surface area (Å²) in [5.41, 5.74) is 12.6. The van der Waals surface area contributed by atoms with E-state index in [2.05, 4.69) is 39.0 Å². The molecular formula is C20H27NO2. The summed E-state index contributed by atoms with van der Waals surface area (Å²) in [6.07, 6.45) is 0.934. The zero-order valence-electron chi connectivity index (χ0n) is 14.8. The molecule has 0 spiro atoms. The molecule has 0 aliphatic heterocycles. The monoisotopic (exact) mass is 313 g/mol. The molecule has 2 rings (SSSR count). The third kappa shape index (κ3) is 3.85. The van der Waals surface area contributed by atoms with Gasteiger partial charge < -0.3 is 15.2 Å². The van der Waals surface area contributed by atoms with Gasteiger partial charge in [-0.2, -0.15) is 0 Å². The van der Waals surface area contributed by atoms with Gasteiger partial charge in [-0.15, -0.1) is 0 Å². The van der Waals surface area contributed by atoms with E-state index in [1.54, 1.807) is 14.2 Å². The zero-order chi connectivity index (χ0) is 17.0. The number of nitrogens with two attached hydrogens (primary N) is 1. The lowest BCUT2D eigenvalue weighted by Gasteiger charge is -2.20. The van der Waals surface area contributed by atoms with Gasteiger partial charge in [0.2, 0.25) is 0 Å². The van der Waals surface area contributed by atoms with Crippen LogP contribution in [0.25, 0.3) is 0 Å². The van der Waals surface area contributed by atoms with Crippen molar-refractivity contribution < 1.29 is 9.47 Å². The first-order valence-corrected chi connectivity index (χ1v) is 7.98. The van der Waals surface area contributed by atoms with Crippen LogP contribution in [0.3, 0.4) is 0 Å². The third-order valence-corrected chi connectivity index (χ3v) is 4.45. The summed E-state index contributed by atoms with van der Waals surface area (Å²) >= 11 is 0. The van der Waals surface area contributed by atoms with E-state index < -0.39 is 0 Å². The minimum atomic E-state index is 0.259. The van der Waals surface area contributed by atoms with Gasteiger partial charge in [-0.05, 0) is 68.1 Å². The summed E-state index contributed by atoms with van der Waals surface area (Å²) in [6, 6.07) is 10.5. The van der Waals surface area contributed by atoms with Crippen molar-refractivity contribution in [1.29, 1.82) is 0 Å². The highest BCUT2D eigenvalue weighted by atomic mass is 16.5. The van der Waals surface area contributed by atoms with Crippen molar-refractivity contribution in [2.24, 2.45) is 5.73 Å². The number of ether oxygens (including phenoxy) is 2.